The standard InChI is InChI=1S/C9H5F15O/c10-1(11)6(2(12)13,3(14)15)8(21,22)25-9(23,24)7(20,4(16)17)5(18)19/h1-5H. The van der Waals surface area contributed by atoms with Crippen LogP contribution in [0.4, 0.5) is 65.9 Å². The Morgan fingerprint density at radius 1 is 0.440 bits per heavy atom. The van der Waals surface area contributed by atoms with Crippen molar-refractivity contribution in [3.63, 3.8) is 0 Å². The quantitative estimate of drug-likeness (QED) is 0.471. The van der Waals surface area contributed by atoms with Crippen LogP contribution in [0.15, 0.2) is 0 Å². The molecule has 0 N–H and O–H groups in total. The van der Waals surface area contributed by atoms with Crippen LogP contribution in [0.3, 0.4) is 0 Å². The first-order valence-electron chi connectivity index (χ1n) is 5.48. The predicted octanol–water partition coefficient (Wildman–Crippen LogP) is 5.21. The first-order chi connectivity index (χ1) is 10.9. The van der Waals surface area contributed by atoms with Gasteiger partial charge in [-0.3, -0.25) is 4.74 Å². The molecule has 0 aromatic carbocycles. The van der Waals surface area contributed by atoms with Gasteiger partial charge in [0.2, 0.25) is 5.41 Å². The number of alkyl halides is 15. The smallest absolute Gasteiger partial charge is 0.251 e. The lowest BCUT2D eigenvalue weighted by molar-refractivity contribution is -0.481. The molecule has 0 radical (unpaired) electrons. The van der Waals surface area contributed by atoms with E-state index in [1.807, 2.05) is 0 Å². The highest BCUT2D eigenvalue weighted by atomic mass is 19.3. The van der Waals surface area contributed by atoms with Crippen molar-refractivity contribution < 1.29 is 70.6 Å². The van der Waals surface area contributed by atoms with Gasteiger partial charge in [0.15, 0.2) is 0 Å². The molecule has 25 heavy (non-hydrogen) atoms. The number of halogens is 15. The summed E-state index contributed by atoms with van der Waals surface area (Å²) in [5.74, 6) is 0. The van der Waals surface area contributed by atoms with E-state index in [1.54, 1.807) is 4.74 Å². The van der Waals surface area contributed by atoms with Crippen molar-refractivity contribution in [3.05, 3.63) is 0 Å². The first-order valence-corrected chi connectivity index (χ1v) is 5.48. The molecule has 0 fully saturated rings. The van der Waals surface area contributed by atoms with Crippen LogP contribution < -0.4 is 0 Å². The van der Waals surface area contributed by atoms with Crippen LogP contribution in [-0.4, -0.2) is 50.0 Å². The molecule has 0 aliphatic rings. The monoisotopic (exact) mass is 414 g/mol. The number of hydrogen-bond acceptors (Lipinski definition) is 1. The molecule has 0 aromatic heterocycles. The second-order valence-electron chi connectivity index (χ2n) is 4.34. The summed E-state index contributed by atoms with van der Waals surface area (Å²) >= 11 is 0. The van der Waals surface area contributed by atoms with Crippen molar-refractivity contribution >= 4 is 0 Å². The number of rotatable bonds is 9. The third-order valence-corrected chi connectivity index (χ3v) is 2.92. The van der Waals surface area contributed by atoms with Crippen LogP contribution >= 0.6 is 0 Å². The molecule has 0 saturated heterocycles. The van der Waals surface area contributed by atoms with E-state index in [1.165, 1.54) is 0 Å². The molecule has 0 amide bonds. The molecule has 152 valence electrons. The molecule has 0 spiro atoms. The summed E-state index contributed by atoms with van der Waals surface area (Å²) < 4.78 is 190. The fourth-order valence-corrected chi connectivity index (χ4v) is 1.34. The zero-order chi connectivity index (χ0) is 20.6. The van der Waals surface area contributed by atoms with Crippen molar-refractivity contribution in [1.29, 1.82) is 0 Å². The van der Waals surface area contributed by atoms with Crippen LogP contribution in [0.25, 0.3) is 0 Å². The summed E-state index contributed by atoms with van der Waals surface area (Å²) in [7, 11) is 0. The average molecular weight is 414 g/mol. The highest BCUT2D eigenvalue weighted by Crippen LogP contribution is 2.55. The van der Waals surface area contributed by atoms with Crippen molar-refractivity contribution in [3.8, 4) is 0 Å². The second-order valence-corrected chi connectivity index (χ2v) is 4.34. The maximum Gasteiger partial charge on any atom is 0.405 e. The van der Waals surface area contributed by atoms with Crippen LogP contribution in [0.5, 0.6) is 0 Å². The van der Waals surface area contributed by atoms with E-state index < -0.39 is 55.4 Å². The third kappa shape index (κ3) is 3.58. The van der Waals surface area contributed by atoms with Crippen LogP contribution in [0, 0.1) is 5.41 Å². The van der Waals surface area contributed by atoms with Crippen LogP contribution in [0.1, 0.15) is 0 Å². The van der Waals surface area contributed by atoms with Crippen molar-refractivity contribution in [1.82, 2.24) is 0 Å². The van der Waals surface area contributed by atoms with Crippen molar-refractivity contribution in [2.75, 3.05) is 0 Å². The van der Waals surface area contributed by atoms with E-state index in [-0.39, 0.29) is 0 Å². The van der Waals surface area contributed by atoms with E-state index in [4.69, 9.17) is 0 Å². The normalized spacial score (nSPS) is 15.4. The molecule has 1 nitrogen and oxygen atoms in total. The SMILES string of the molecule is FC(F)C(F)(C(F)F)C(F)(F)OC(F)(F)C(C(F)F)(C(F)F)C(F)F. The summed E-state index contributed by atoms with van der Waals surface area (Å²) in [5.41, 5.74) is -12.9. The summed E-state index contributed by atoms with van der Waals surface area (Å²) in [6, 6.07) is 0. The van der Waals surface area contributed by atoms with Crippen LogP contribution in [-0.2, 0) is 4.74 Å². The Hall–Kier alpha value is -1.09. The lowest BCUT2D eigenvalue weighted by Gasteiger charge is -2.40. The second kappa shape index (κ2) is 7.26. The van der Waals surface area contributed by atoms with Gasteiger partial charge in [0.25, 0.3) is 32.1 Å². The Labute approximate surface area is 127 Å². The molecule has 0 rings (SSSR count). The molecule has 0 aliphatic carbocycles. The zero-order valence-electron chi connectivity index (χ0n) is 11.0. The Morgan fingerprint density at radius 2 is 0.720 bits per heavy atom. The third-order valence-electron chi connectivity index (χ3n) is 2.92. The van der Waals surface area contributed by atoms with E-state index >= 15 is 0 Å². The summed E-state index contributed by atoms with van der Waals surface area (Å²) in [6.07, 6.45) is -41.8. The van der Waals surface area contributed by atoms with Gasteiger partial charge in [-0.1, -0.05) is 0 Å². The maximum atomic E-state index is 13.2. The molecule has 0 atom stereocenters. The van der Waals surface area contributed by atoms with E-state index in [0.29, 0.717) is 0 Å². The molecule has 0 aliphatic heterocycles. The van der Waals surface area contributed by atoms with Gasteiger partial charge in [0.05, 0.1) is 0 Å². The summed E-state index contributed by atoms with van der Waals surface area (Å²) in [4.78, 5) is 0. The van der Waals surface area contributed by atoms with Gasteiger partial charge in [-0.15, -0.1) is 0 Å². The zero-order valence-corrected chi connectivity index (χ0v) is 11.0. The molecular formula is C9H5F15O. The van der Waals surface area contributed by atoms with Gasteiger partial charge in [-0.2, -0.15) is 17.6 Å². The van der Waals surface area contributed by atoms with Gasteiger partial charge in [0, 0.05) is 0 Å². The average Bonchev–Trinajstić information content (AvgIpc) is 2.33. The summed E-state index contributed by atoms with van der Waals surface area (Å²) in [6.45, 7) is 0. The molecule has 0 saturated carbocycles. The molecule has 0 aromatic rings. The first kappa shape index (κ1) is 23.9. The Kier molecular flexibility index (Phi) is 6.95. The number of ether oxygens (including phenoxy) is 1. The van der Waals surface area contributed by atoms with E-state index in [0.717, 1.165) is 0 Å². The Bertz CT molecular complexity index is 403. The largest absolute Gasteiger partial charge is 0.405 e. The Morgan fingerprint density at radius 3 is 0.920 bits per heavy atom. The van der Waals surface area contributed by atoms with Gasteiger partial charge in [-0.25, -0.2) is 48.3 Å². The lowest BCUT2D eigenvalue weighted by atomic mass is 9.87. The van der Waals surface area contributed by atoms with Gasteiger partial charge in [0.1, 0.15) is 0 Å². The van der Waals surface area contributed by atoms with Gasteiger partial charge < -0.3 is 0 Å². The minimum absolute atomic E-state index is 1.72. The predicted molar refractivity (Wildman–Crippen MR) is 47.3 cm³/mol. The molecule has 0 bridgehead atoms. The fourth-order valence-electron chi connectivity index (χ4n) is 1.34. The van der Waals surface area contributed by atoms with Gasteiger partial charge >= 0.3 is 17.9 Å². The van der Waals surface area contributed by atoms with Crippen molar-refractivity contribution in [2.24, 2.45) is 5.41 Å². The van der Waals surface area contributed by atoms with Crippen LogP contribution in [0.2, 0.25) is 0 Å². The topological polar surface area (TPSA) is 9.23 Å². The molecular weight excluding hydrogens is 409 g/mol. The highest BCUT2D eigenvalue weighted by molar-refractivity contribution is 4.99. The molecule has 0 unspecified atom stereocenters. The summed E-state index contributed by atoms with van der Waals surface area (Å²) in [5, 5.41) is 0. The number of hydrogen-bond donors (Lipinski definition) is 0. The minimum Gasteiger partial charge on any atom is -0.251 e. The minimum atomic E-state index is -7.12. The molecule has 16 heteroatoms. The van der Waals surface area contributed by atoms with E-state index in [2.05, 4.69) is 0 Å². The Balaban J connectivity index is 6.26. The van der Waals surface area contributed by atoms with Crippen molar-refractivity contribution in [2.45, 2.75) is 50.0 Å². The lowest BCUT2D eigenvalue weighted by Crippen LogP contribution is -2.65. The van der Waals surface area contributed by atoms with E-state index in [9.17, 15) is 65.9 Å². The van der Waals surface area contributed by atoms with Gasteiger partial charge in [-0.05, 0) is 0 Å². The maximum absolute atomic E-state index is 13.2. The fraction of sp³-hybridized carbons (Fsp3) is 1.00. The molecule has 0 heterocycles. The highest BCUT2D eigenvalue weighted by Gasteiger charge is 2.79.